The van der Waals surface area contributed by atoms with Crippen LogP contribution in [0.3, 0.4) is 0 Å². The summed E-state index contributed by atoms with van der Waals surface area (Å²) >= 11 is 1.84. The van der Waals surface area contributed by atoms with Gasteiger partial charge in [0.15, 0.2) is 0 Å². The Labute approximate surface area is 129 Å². The minimum absolute atomic E-state index is 0.303. The van der Waals surface area contributed by atoms with Crippen molar-refractivity contribution in [1.82, 2.24) is 4.98 Å². The summed E-state index contributed by atoms with van der Waals surface area (Å²) in [5, 5.41) is 2.17. The van der Waals surface area contributed by atoms with Gasteiger partial charge in [-0.3, -0.25) is 0 Å². The van der Waals surface area contributed by atoms with Crippen LogP contribution in [0.1, 0.15) is 31.2 Å². The molecule has 112 valence electrons. The number of fused-ring (bicyclic) bond motifs is 1. The molecule has 2 aromatic heterocycles. The SMILES string of the molecule is CC(C)(C)Oc1nc(N2CCc3sccc3C2)ccc1N. The second kappa shape index (κ2) is 5.22. The van der Waals surface area contributed by atoms with Gasteiger partial charge in [0.1, 0.15) is 11.4 Å². The van der Waals surface area contributed by atoms with Gasteiger partial charge in [0.2, 0.25) is 5.88 Å². The highest BCUT2D eigenvalue weighted by molar-refractivity contribution is 7.10. The summed E-state index contributed by atoms with van der Waals surface area (Å²) in [6, 6.07) is 6.06. The highest BCUT2D eigenvalue weighted by atomic mass is 32.1. The summed E-state index contributed by atoms with van der Waals surface area (Å²) in [7, 11) is 0. The van der Waals surface area contributed by atoms with Crippen molar-refractivity contribution in [3.8, 4) is 5.88 Å². The molecule has 1 aliphatic rings. The minimum atomic E-state index is -0.303. The highest BCUT2D eigenvalue weighted by Gasteiger charge is 2.21. The van der Waals surface area contributed by atoms with Gasteiger partial charge >= 0.3 is 0 Å². The maximum atomic E-state index is 5.98. The Bertz CT molecular complexity index is 645. The Kier molecular flexibility index (Phi) is 3.53. The fourth-order valence-corrected chi connectivity index (χ4v) is 3.32. The molecule has 0 atom stereocenters. The summed E-state index contributed by atoms with van der Waals surface area (Å²) in [6.07, 6.45) is 1.08. The first-order valence-electron chi connectivity index (χ1n) is 7.18. The zero-order valence-corrected chi connectivity index (χ0v) is 13.5. The van der Waals surface area contributed by atoms with Gasteiger partial charge in [-0.25, -0.2) is 0 Å². The molecule has 4 nitrogen and oxygen atoms in total. The monoisotopic (exact) mass is 303 g/mol. The quantitative estimate of drug-likeness (QED) is 0.923. The van der Waals surface area contributed by atoms with Gasteiger partial charge < -0.3 is 15.4 Å². The number of aromatic nitrogens is 1. The van der Waals surface area contributed by atoms with Gasteiger partial charge in [-0.05, 0) is 56.3 Å². The normalized spacial score (nSPS) is 14.9. The van der Waals surface area contributed by atoms with E-state index in [1.54, 1.807) is 0 Å². The van der Waals surface area contributed by atoms with E-state index < -0.39 is 0 Å². The van der Waals surface area contributed by atoms with Crippen molar-refractivity contribution in [2.24, 2.45) is 0 Å². The third kappa shape index (κ3) is 3.13. The van der Waals surface area contributed by atoms with Gasteiger partial charge in [-0.1, -0.05) is 0 Å². The predicted octanol–water partition coefficient (Wildman–Crippen LogP) is 3.47. The molecule has 0 radical (unpaired) electrons. The first-order chi connectivity index (χ1) is 9.92. The molecule has 5 heteroatoms. The molecule has 0 spiro atoms. The van der Waals surface area contributed by atoms with E-state index in [1.165, 1.54) is 10.4 Å². The fraction of sp³-hybridized carbons (Fsp3) is 0.438. The summed E-state index contributed by atoms with van der Waals surface area (Å²) < 4.78 is 5.86. The van der Waals surface area contributed by atoms with Crippen molar-refractivity contribution in [2.45, 2.75) is 39.3 Å². The Balaban J connectivity index is 1.85. The molecule has 1 aliphatic heterocycles. The lowest BCUT2D eigenvalue weighted by Gasteiger charge is -2.29. The summed E-state index contributed by atoms with van der Waals surface area (Å²) in [5.41, 5.74) is 7.67. The number of hydrogen-bond acceptors (Lipinski definition) is 5. The Hall–Kier alpha value is -1.75. The lowest BCUT2D eigenvalue weighted by Crippen LogP contribution is -2.30. The fourth-order valence-electron chi connectivity index (χ4n) is 2.43. The molecule has 2 aromatic rings. The van der Waals surface area contributed by atoms with Gasteiger partial charge in [-0.15, -0.1) is 11.3 Å². The summed E-state index contributed by atoms with van der Waals surface area (Å²) in [4.78, 5) is 8.40. The lowest BCUT2D eigenvalue weighted by atomic mass is 10.1. The van der Waals surface area contributed by atoms with Crippen LogP contribution < -0.4 is 15.4 Å². The topological polar surface area (TPSA) is 51.4 Å². The van der Waals surface area contributed by atoms with E-state index in [0.29, 0.717) is 11.6 Å². The van der Waals surface area contributed by atoms with Crippen molar-refractivity contribution in [3.05, 3.63) is 34.0 Å². The molecule has 0 amide bonds. The van der Waals surface area contributed by atoms with Gasteiger partial charge in [0.05, 0.1) is 5.69 Å². The molecule has 0 saturated heterocycles. The third-order valence-corrected chi connectivity index (χ3v) is 4.43. The third-order valence-electron chi connectivity index (χ3n) is 3.41. The maximum Gasteiger partial charge on any atom is 0.239 e. The van der Waals surface area contributed by atoms with Crippen LogP contribution in [-0.4, -0.2) is 17.1 Å². The molecular weight excluding hydrogens is 282 g/mol. The van der Waals surface area contributed by atoms with Gasteiger partial charge in [0.25, 0.3) is 0 Å². The molecule has 0 unspecified atom stereocenters. The Morgan fingerprint density at radius 2 is 2.10 bits per heavy atom. The molecule has 0 bridgehead atoms. The van der Waals surface area contributed by atoms with Crippen molar-refractivity contribution < 1.29 is 4.74 Å². The van der Waals surface area contributed by atoms with Crippen LogP contribution in [0.4, 0.5) is 11.5 Å². The highest BCUT2D eigenvalue weighted by Crippen LogP contribution is 2.30. The number of nitrogens with two attached hydrogens (primary N) is 1. The number of ether oxygens (including phenoxy) is 1. The number of pyridine rings is 1. The van der Waals surface area contributed by atoms with E-state index in [2.05, 4.69) is 21.3 Å². The number of anilines is 2. The van der Waals surface area contributed by atoms with Gasteiger partial charge in [-0.2, -0.15) is 4.98 Å². The van der Waals surface area contributed by atoms with Crippen LogP contribution >= 0.6 is 11.3 Å². The molecule has 3 rings (SSSR count). The molecule has 21 heavy (non-hydrogen) atoms. The second-order valence-corrected chi connectivity index (χ2v) is 7.32. The number of nitrogen functional groups attached to an aromatic ring is 1. The van der Waals surface area contributed by atoms with Crippen LogP contribution in [-0.2, 0) is 13.0 Å². The molecule has 3 heterocycles. The van der Waals surface area contributed by atoms with E-state index in [-0.39, 0.29) is 5.60 Å². The number of hydrogen-bond donors (Lipinski definition) is 1. The van der Waals surface area contributed by atoms with Crippen molar-refractivity contribution in [3.63, 3.8) is 0 Å². The summed E-state index contributed by atoms with van der Waals surface area (Å²) in [6.45, 7) is 7.89. The Morgan fingerprint density at radius 3 is 2.86 bits per heavy atom. The van der Waals surface area contributed by atoms with Crippen LogP contribution in [0.5, 0.6) is 5.88 Å². The largest absolute Gasteiger partial charge is 0.470 e. The first-order valence-corrected chi connectivity index (χ1v) is 8.06. The zero-order chi connectivity index (χ0) is 15.0. The van der Waals surface area contributed by atoms with Crippen LogP contribution in [0.15, 0.2) is 23.6 Å². The average molecular weight is 303 g/mol. The maximum absolute atomic E-state index is 5.98. The molecule has 0 aromatic carbocycles. The molecule has 0 saturated carbocycles. The smallest absolute Gasteiger partial charge is 0.239 e. The predicted molar refractivity (Wildman–Crippen MR) is 88.1 cm³/mol. The second-order valence-electron chi connectivity index (χ2n) is 6.32. The first kappa shape index (κ1) is 14.2. The van der Waals surface area contributed by atoms with E-state index in [0.717, 1.165) is 25.3 Å². The average Bonchev–Trinajstić information content (AvgIpc) is 2.87. The van der Waals surface area contributed by atoms with Crippen molar-refractivity contribution in [2.75, 3.05) is 17.2 Å². The van der Waals surface area contributed by atoms with Gasteiger partial charge in [0, 0.05) is 18.0 Å². The molecule has 0 fully saturated rings. The number of thiophene rings is 1. The Morgan fingerprint density at radius 1 is 1.29 bits per heavy atom. The standard InChI is InChI=1S/C16H21N3OS/c1-16(2,3)20-15-12(17)4-5-14(18-15)19-8-6-13-11(10-19)7-9-21-13/h4-5,7,9H,6,8,10,17H2,1-3H3. The van der Waals surface area contributed by atoms with Crippen molar-refractivity contribution in [1.29, 1.82) is 0 Å². The lowest BCUT2D eigenvalue weighted by molar-refractivity contribution is 0.125. The summed E-state index contributed by atoms with van der Waals surface area (Å²) in [5.74, 6) is 1.46. The van der Waals surface area contributed by atoms with E-state index in [4.69, 9.17) is 10.5 Å². The van der Waals surface area contributed by atoms with E-state index in [9.17, 15) is 0 Å². The number of nitrogens with zero attached hydrogens (tertiary/aromatic N) is 2. The molecule has 2 N–H and O–H groups in total. The minimum Gasteiger partial charge on any atom is -0.470 e. The molecular formula is C16H21N3OS. The van der Waals surface area contributed by atoms with Crippen LogP contribution in [0, 0.1) is 0 Å². The number of rotatable bonds is 2. The molecule has 0 aliphatic carbocycles. The van der Waals surface area contributed by atoms with E-state index >= 15 is 0 Å². The van der Waals surface area contributed by atoms with Crippen LogP contribution in [0.25, 0.3) is 0 Å². The van der Waals surface area contributed by atoms with Crippen LogP contribution in [0.2, 0.25) is 0 Å². The zero-order valence-electron chi connectivity index (χ0n) is 12.7. The van der Waals surface area contributed by atoms with E-state index in [1.807, 2.05) is 44.2 Å². The van der Waals surface area contributed by atoms with Crippen molar-refractivity contribution >= 4 is 22.8 Å².